The van der Waals surface area contributed by atoms with E-state index in [1.165, 1.54) is 4.90 Å². The van der Waals surface area contributed by atoms with Gasteiger partial charge in [-0.3, -0.25) is 0 Å². The molecule has 0 unspecified atom stereocenters. The van der Waals surface area contributed by atoms with Crippen LogP contribution in [-0.2, 0) is 0 Å². The molecular formula is C3H7N3O. The van der Waals surface area contributed by atoms with Crippen LogP contribution in [0.5, 0.6) is 0 Å². The van der Waals surface area contributed by atoms with Crippen molar-refractivity contribution in [2.75, 3.05) is 14.1 Å². The predicted molar refractivity (Wildman–Crippen MR) is 24.2 cm³/mol. The van der Waals surface area contributed by atoms with Crippen LogP contribution >= 0.6 is 0 Å². The molecule has 0 spiro atoms. The minimum absolute atomic E-state index is 0.528. The number of hydrogen-bond donors (Lipinski definition) is 1. The lowest BCUT2D eigenvalue weighted by molar-refractivity contribution is 0.225. The Kier molecular flexibility index (Phi) is 1.98. The van der Waals surface area contributed by atoms with E-state index in [1.807, 2.05) is 0 Å². The van der Waals surface area contributed by atoms with Crippen LogP contribution in [0.25, 0.3) is 0 Å². The summed E-state index contributed by atoms with van der Waals surface area (Å²) in [7, 11) is 3.08. The summed E-state index contributed by atoms with van der Waals surface area (Å²) in [4.78, 5) is 11.3. The summed E-state index contributed by atoms with van der Waals surface area (Å²) in [6.45, 7) is 0. The molecule has 0 atom stereocenters. The Bertz CT molecular complexity index is 88.2. The monoisotopic (exact) mass is 101 g/mol. The maximum atomic E-state index is 10.1. The van der Waals surface area contributed by atoms with Crippen LogP contribution in [0.3, 0.4) is 0 Å². The molecule has 0 aromatic heterocycles. The Hall–Kier alpha value is -0.930. The van der Waals surface area contributed by atoms with E-state index in [4.69, 9.17) is 5.53 Å². The Morgan fingerprint density at radius 3 is 2.14 bits per heavy atom. The second-order valence-electron chi connectivity index (χ2n) is 1.29. The zero-order chi connectivity index (χ0) is 5.86. The zero-order valence-corrected chi connectivity index (χ0v) is 4.30. The van der Waals surface area contributed by atoms with Crippen LogP contribution in [0.15, 0.2) is 5.11 Å². The summed E-state index contributed by atoms with van der Waals surface area (Å²) >= 11 is 0. The van der Waals surface area contributed by atoms with Crippen molar-refractivity contribution in [2.45, 2.75) is 0 Å². The molecule has 0 radical (unpaired) electrons. The molecule has 0 heterocycles. The molecule has 0 saturated heterocycles. The van der Waals surface area contributed by atoms with Crippen molar-refractivity contribution in [3.8, 4) is 0 Å². The van der Waals surface area contributed by atoms with Gasteiger partial charge in [0.2, 0.25) is 0 Å². The van der Waals surface area contributed by atoms with Gasteiger partial charge in [0.15, 0.2) is 0 Å². The first-order chi connectivity index (χ1) is 3.18. The van der Waals surface area contributed by atoms with Gasteiger partial charge in [0.05, 0.1) is 0 Å². The molecule has 4 heteroatoms. The van der Waals surface area contributed by atoms with Crippen LogP contribution in [0.1, 0.15) is 0 Å². The van der Waals surface area contributed by atoms with Crippen LogP contribution in [0.4, 0.5) is 4.79 Å². The molecule has 4 nitrogen and oxygen atoms in total. The molecule has 0 rings (SSSR count). The van der Waals surface area contributed by atoms with Gasteiger partial charge in [-0.25, -0.2) is 4.79 Å². The standard InChI is InChI=1S/C3H7N3O/c1-6(2)3(7)5-4/h4H,1-2H3. The van der Waals surface area contributed by atoms with E-state index in [2.05, 4.69) is 5.11 Å². The van der Waals surface area contributed by atoms with Crippen molar-refractivity contribution in [2.24, 2.45) is 5.11 Å². The number of carbonyl (C=O) groups excluding carboxylic acids is 1. The van der Waals surface area contributed by atoms with Gasteiger partial charge in [0.25, 0.3) is 0 Å². The van der Waals surface area contributed by atoms with Gasteiger partial charge in [0.1, 0.15) is 0 Å². The fraction of sp³-hybridized carbons (Fsp3) is 0.667. The van der Waals surface area contributed by atoms with E-state index >= 15 is 0 Å². The average Bonchev–Trinajstić information content (AvgIpc) is 1.65. The third kappa shape index (κ3) is 1.86. The molecule has 0 saturated carbocycles. The second-order valence-corrected chi connectivity index (χ2v) is 1.29. The number of hydrogen-bond acceptors (Lipinski definition) is 2. The summed E-state index contributed by atoms with van der Waals surface area (Å²) < 4.78 is 0. The van der Waals surface area contributed by atoms with Gasteiger partial charge in [0, 0.05) is 14.1 Å². The van der Waals surface area contributed by atoms with Crippen LogP contribution in [-0.4, -0.2) is 25.0 Å². The highest BCUT2D eigenvalue weighted by molar-refractivity contribution is 5.73. The SMILES string of the molecule is CN(C)C(=O)N=N. The van der Waals surface area contributed by atoms with Gasteiger partial charge in [-0.2, -0.15) is 5.53 Å². The van der Waals surface area contributed by atoms with Crippen molar-refractivity contribution < 1.29 is 4.79 Å². The lowest BCUT2D eigenvalue weighted by Crippen LogP contribution is -2.16. The normalized spacial score (nSPS) is 7.71. The van der Waals surface area contributed by atoms with E-state index in [-0.39, 0.29) is 0 Å². The van der Waals surface area contributed by atoms with Crippen LogP contribution < -0.4 is 0 Å². The number of rotatable bonds is 0. The molecule has 0 aliphatic carbocycles. The molecular weight excluding hydrogens is 94.1 g/mol. The summed E-state index contributed by atoms with van der Waals surface area (Å²) in [5.41, 5.74) is 6.17. The largest absolute Gasteiger partial charge is 0.361 e. The number of nitrogens with one attached hydrogen (secondary N) is 1. The first kappa shape index (κ1) is 6.07. The van der Waals surface area contributed by atoms with Gasteiger partial charge in [-0.05, 0) is 0 Å². The molecule has 0 aromatic carbocycles. The summed E-state index contributed by atoms with van der Waals surface area (Å²) in [6, 6.07) is -0.528. The van der Waals surface area contributed by atoms with E-state index in [0.29, 0.717) is 0 Å². The second kappa shape index (κ2) is 2.28. The number of urea groups is 1. The highest BCUT2D eigenvalue weighted by Crippen LogP contribution is 1.79. The quantitative estimate of drug-likeness (QED) is 0.448. The first-order valence-corrected chi connectivity index (χ1v) is 1.77. The molecule has 1 N–H and O–H groups in total. The smallest absolute Gasteiger partial charge is 0.328 e. The average molecular weight is 101 g/mol. The molecule has 0 fully saturated rings. The van der Waals surface area contributed by atoms with Crippen molar-refractivity contribution in [3.63, 3.8) is 0 Å². The number of amides is 2. The third-order valence-electron chi connectivity index (χ3n) is 0.478. The fourth-order valence-corrected chi connectivity index (χ4v) is 0.100. The fourth-order valence-electron chi connectivity index (χ4n) is 0.100. The van der Waals surface area contributed by atoms with E-state index < -0.39 is 6.03 Å². The molecule has 40 valence electrons. The van der Waals surface area contributed by atoms with Crippen molar-refractivity contribution >= 4 is 6.03 Å². The molecule has 0 aromatic rings. The lowest BCUT2D eigenvalue weighted by Gasteiger charge is -2.00. The Balaban J connectivity index is 3.56. The summed E-state index contributed by atoms with van der Waals surface area (Å²) in [6.07, 6.45) is 0. The van der Waals surface area contributed by atoms with Crippen molar-refractivity contribution in [1.29, 1.82) is 5.53 Å². The molecule has 0 aliphatic rings. The van der Waals surface area contributed by atoms with Gasteiger partial charge >= 0.3 is 6.03 Å². The minimum atomic E-state index is -0.528. The highest BCUT2D eigenvalue weighted by atomic mass is 16.2. The van der Waals surface area contributed by atoms with Crippen LogP contribution in [0.2, 0.25) is 0 Å². The van der Waals surface area contributed by atoms with Gasteiger partial charge in [-0.1, -0.05) is 5.11 Å². The maximum Gasteiger partial charge on any atom is 0.361 e. The molecule has 0 bridgehead atoms. The van der Waals surface area contributed by atoms with Crippen molar-refractivity contribution in [1.82, 2.24) is 4.90 Å². The van der Waals surface area contributed by atoms with Gasteiger partial charge in [-0.15, -0.1) is 0 Å². The number of nitrogens with zero attached hydrogens (tertiary/aromatic N) is 2. The molecule has 7 heavy (non-hydrogen) atoms. The maximum absolute atomic E-state index is 10.1. The van der Waals surface area contributed by atoms with E-state index in [9.17, 15) is 4.79 Å². The Morgan fingerprint density at radius 1 is 1.71 bits per heavy atom. The van der Waals surface area contributed by atoms with Crippen LogP contribution in [0, 0.1) is 5.53 Å². The predicted octanol–water partition coefficient (Wildman–Crippen LogP) is 0.699. The lowest BCUT2D eigenvalue weighted by atomic mass is 10.9. The highest BCUT2D eigenvalue weighted by Gasteiger charge is 1.95. The van der Waals surface area contributed by atoms with E-state index in [1.54, 1.807) is 14.1 Å². The van der Waals surface area contributed by atoms with Crippen molar-refractivity contribution in [3.05, 3.63) is 0 Å². The Labute approximate surface area is 41.6 Å². The zero-order valence-electron chi connectivity index (χ0n) is 4.30. The first-order valence-electron chi connectivity index (χ1n) is 1.77. The van der Waals surface area contributed by atoms with Gasteiger partial charge < -0.3 is 4.90 Å². The summed E-state index contributed by atoms with van der Waals surface area (Å²) in [5.74, 6) is 0. The third-order valence-corrected chi connectivity index (χ3v) is 0.478. The molecule has 2 amide bonds. The molecule has 0 aliphatic heterocycles. The topological polar surface area (TPSA) is 56.5 Å². The number of carbonyl (C=O) groups is 1. The van der Waals surface area contributed by atoms with E-state index in [0.717, 1.165) is 0 Å². The summed E-state index contributed by atoms with van der Waals surface area (Å²) in [5, 5.41) is 2.62. The minimum Gasteiger partial charge on any atom is -0.328 e. The Morgan fingerprint density at radius 2 is 2.14 bits per heavy atom.